The van der Waals surface area contributed by atoms with Gasteiger partial charge in [-0.05, 0) is 24.3 Å². The van der Waals surface area contributed by atoms with E-state index in [1.165, 1.54) is 0 Å². The highest BCUT2D eigenvalue weighted by Crippen LogP contribution is 2.28. The monoisotopic (exact) mass is 357 g/mol. The van der Waals surface area contributed by atoms with E-state index in [0.717, 1.165) is 37.6 Å². The van der Waals surface area contributed by atoms with Crippen molar-refractivity contribution in [2.75, 3.05) is 57.1 Å². The number of hydrogen-bond donors (Lipinski definition) is 2. The van der Waals surface area contributed by atoms with Crippen molar-refractivity contribution in [2.24, 2.45) is 0 Å². The van der Waals surface area contributed by atoms with Crippen molar-refractivity contribution in [1.29, 1.82) is 0 Å². The molecule has 1 aliphatic rings. The third-order valence-corrected chi connectivity index (χ3v) is 4.62. The molecule has 1 fully saturated rings. The number of methoxy groups -OCH3 is 1. The van der Waals surface area contributed by atoms with Gasteiger partial charge >= 0.3 is 0 Å². The lowest BCUT2D eigenvalue weighted by Gasteiger charge is -2.37. The molecule has 2 aromatic carbocycles. The van der Waals surface area contributed by atoms with Crippen LogP contribution in [0.25, 0.3) is 0 Å². The van der Waals surface area contributed by atoms with Gasteiger partial charge in [0.05, 0.1) is 18.5 Å². The molecule has 3 N–H and O–H groups in total. The van der Waals surface area contributed by atoms with E-state index in [9.17, 15) is 5.11 Å². The number of aliphatic hydroxyl groups excluding tert-OH is 1. The van der Waals surface area contributed by atoms with Crippen LogP contribution in [0.15, 0.2) is 48.5 Å². The molecule has 140 valence electrons. The van der Waals surface area contributed by atoms with Crippen LogP contribution in [0.1, 0.15) is 0 Å². The highest BCUT2D eigenvalue weighted by Gasteiger charge is 2.21. The van der Waals surface area contributed by atoms with Gasteiger partial charge in [0, 0.05) is 32.7 Å². The van der Waals surface area contributed by atoms with Crippen molar-refractivity contribution in [3.63, 3.8) is 0 Å². The quantitative estimate of drug-likeness (QED) is 0.737. The number of para-hydroxylation sites is 4. The van der Waals surface area contributed by atoms with E-state index >= 15 is 0 Å². The molecule has 6 nitrogen and oxygen atoms in total. The van der Waals surface area contributed by atoms with Crippen LogP contribution in [-0.2, 0) is 0 Å². The molecule has 0 aliphatic carbocycles. The number of nitrogens with two attached hydrogens (primary N) is 1. The fourth-order valence-electron chi connectivity index (χ4n) is 3.21. The van der Waals surface area contributed by atoms with Gasteiger partial charge in [0.15, 0.2) is 0 Å². The van der Waals surface area contributed by atoms with E-state index < -0.39 is 6.10 Å². The molecule has 1 unspecified atom stereocenters. The number of ether oxygens (including phenoxy) is 2. The van der Waals surface area contributed by atoms with Gasteiger partial charge in [-0.2, -0.15) is 0 Å². The second kappa shape index (κ2) is 8.78. The summed E-state index contributed by atoms with van der Waals surface area (Å²) in [6.45, 7) is 4.41. The number of β-amino-alcohol motifs (C(OH)–C–C–N with tert-alkyl or cyclic N) is 1. The molecule has 0 bridgehead atoms. The lowest BCUT2D eigenvalue weighted by atomic mass is 10.2. The summed E-state index contributed by atoms with van der Waals surface area (Å²) in [7, 11) is 1.70. The van der Waals surface area contributed by atoms with Crippen LogP contribution >= 0.6 is 0 Å². The van der Waals surface area contributed by atoms with Gasteiger partial charge in [-0.15, -0.1) is 0 Å². The first-order valence-corrected chi connectivity index (χ1v) is 8.93. The molecule has 0 aromatic heterocycles. The maximum absolute atomic E-state index is 10.3. The first-order valence-electron chi connectivity index (χ1n) is 8.93. The van der Waals surface area contributed by atoms with Crippen molar-refractivity contribution in [3.05, 3.63) is 48.5 Å². The molecule has 0 amide bonds. The van der Waals surface area contributed by atoms with Gasteiger partial charge < -0.3 is 25.2 Å². The standard InChI is InChI=1S/C20H27N3O3/c1-25-20-9-5-3-7-18(20)23-12-10-22(11-13-23)14-16(24)15-26-19-8-4-2-6-17(19)21/h2-9,16,24H,10-15,21H2,1H3. The Labute approximate surface area is 154 Å². The van der Waals surface area contributed by atoms with Gasteiger partial charge in [-0.3, -0.25) is 4.90 Å². The Bertz CT molecular complexity index is 702. The topological polar surface area (TPSA) is 71.2 Å². The first-order chi connectivity index (χ1) is 12.7. The SMILES string of the molecule is COc1ccccc1N1CCN(CC(O)COc2ccccc2N)CC1. The second-order valence-electron chi connectivity index (χ2n) is 6.46. The van der Waals surface area contributed by atoms with E-state index in [1.54, 1.807) is 13.2 Å². The summed E-state index contributed by atoms with van der Waals surface area (Å²) in [4.78, 5) is 4.58. The predicted molar refractivity (Wildman–Crippen MR) is 104 cm³/mol. The molecule has 0 saturated carbocycles. The number of aliphatic hydroxyl groups is 1. The Balaban J connectivity index is 1.45. The van der Waals surface area contributed by atoms with Gasteiger partial charge in [0.25, 0.3) is 0 Å². The van der Waals surface area contributed by atoms with Crippen LogP contribution in [-0.4, -0.2) is 62.6 Å². The number of benzene rings is 2. The summed E-state index contributed by atoms with van der Waals surface area (Å²) < 4.78 is 11.1. The molecule has 3 rings (SSSR count). The van der Waals surface area contributed by atoms with E-state index in [1.807, 2.05) is 36.4 Å². The molecule has 1 aliphatic heterocycles. The zero-order valence-electron chi connectivity index (χ0n) is 15.2. The van der Waals surface area contributed by atoms with Crippen molar-refractivity contribution in [2.45, 2.75) is 6.10 Å². The van der Waals surface area contributed by atoms with E-state index in [4.69, 9.17) is 15.2 Å². The lowest BCUT2D eigenvalue weighted by molar-refractivity contribution is 0.0665. The number of rotatable bonds is 7. The van der Waals surface area contributed by atoms with E-state index in [2.05, 4.69) is 15.9 Å². The van der Waals surface area contributed by atoms with Crippen LogP contribution < -0.4 is 20.1 Å². The van der Waals surface area contributed by atoms with Crippen molar-refractivity contribution in [3.8, 4) is 11.5 Å². The molecule has 6 heteroatoms. The summed E-state index contributed by atoms with van der Waals surface area (Å²) in [6, 6.07) is 15.4. The molecule has 2 aromatic rings. The van der Waals surface area contributed by atoms with Crippen LogP contribution in [0, 0.1) is 0 Å². The summed E-state index contributed by atoms with van der Waals surface area (Å²) >= 11 is 0. The number of piperazine rings is 1. The lowest BCUT2D eigenvalue weighted by Crippen LogP contribution is -2.49. The average molecular weight is 357 g/mol. The number of anilines is 2. The molecule has 0 spiro atoms. The average Bonchev–Trinajstić information content (AvgIpc) is 2.68. The minimum Gasteiger partial charge on any atom is -0.495 e. The summed E-state index contributed by atoms with van der Waals surface area (Å²) in [6.07, 6.45) is -0.549. The Morgan fingerprint density at radius 1 is 1.00 bits per heavy atom. The minimum absolute atomic E-state index is 0.237. The molecule has 1 saturated heterocycles. The summed E-state index contributed by atoms with van der Waals surface area (Å²) in [5.41, 5.74) is 7.56. The van der Waals surface area contributed by atoms with Gasteiger partial charge in [-0.1, -0.05) is 24.3 Å². The zero-order chi connectivity index (χ0) is 18.4. The van der Waals surface area contributed by atoms with Gasteiger partial charge in [0.1, 0.15) is 24.2 Å². The Kier molecular flexibility index (Phi) is 6.20. The van der Waals surface area contributed by atoms with E-state index in [-0.39, 0.29) is 6.61 Å². The number of nitrogens with zero attached hydrogens (tertiary/aromatic N) is 2. The maximum atomic E-state index is 10.3. The highest BCUT2D eigenvalue weighted by atomic mass is 16.5. The Morgan fingerprint density at radius 2 is 1.65 bits per heavy atom. The largest absolute Gasteiger partial charge is 0.495 e. The Morgan fingerprint density at radius 3 is 2.35 bits per heavy atom. The van der Waals surface area contributed by atoms with Crippen LogP contribution in [0.2, 0.25) is 0 Å². The molecule has 26 heavy (non-hydrogen) atoms. The number of hydrogen-bond acceptors (Lipinski definition) is 6. The van der Waals surface area contributed by atoms with Gasteiger partial charge in [0.2, 0.25) is 0 Å². The molecule has 0 radical (unpaired) electrons. The molecular formula is C20H27N3O3. The van der Waals surface area contributed by atoms with Crippen molar-refractivity contribution >= 4 is 11.4 Å². The smallest absolute Gasteiger partial charge is 0.142 e. The van der Waals surface area contributed by atoms with Crippen LogP contribution in [0.5, 0.6) is 11.5 Å². The third kappa shape index (κ3) is 4.59. The van der Waals surface area contributed by atoms with Crippen LogP contribution in [0.3, 0.4) is 0 Å². The Hall–Kier alpha value is -2.44. The maximum Gasteiger partial charge on any atom is 0.142 e. The normalized spacial score (nSPS) is 16.3. The number of nitrogen functional groups attached to an aromatic ring is 1. The van der Waals surface area contributed by atoms with Gasteiger partial charge in [-0.25, -0.2) is 0 Å². The van der Waals surface area contributed by atoms with Crippen LogP contribution in [0.4, 0.5) is 11.4 Å². The van der Waals surface area contributed by atoms with E-state index in [0.29, 0.717) is 18.0 Å². The zero-order valence-corrected chi connectivity index (χ0v) is 15.2. The summed E-state index contributed by atoms with van der Waals surface area (Å²) in [5, 5.41) is 10.3. The fourth-order valence-corrected chi connectivity index (χ4v) is 3.21. The highest BCUT2D eigenvalue weighted by molar-refractivity contribution is 5.58. The minimum atomic E-state index is -0.549. The molecule has 1 atom stereocenters. The van der Waals surface area contributed by atoms with Crippen molar-refractivity contribution in [1.82, 2.24) is 4.90 Å². The summed E-state index contributed by atoms with van der Waals surface area (Å²) in [5.74, 6) is 1.52. The second-order valence-corrected chi connectivity index (χ2v) is 6.46. The molecule has 1 heterocycles. The molecular weight excluding hydrogens is 330 g/mol. The third-order valence-electron chi connectivity index (χ3n) is 4.62. The van der Waals surface area contributed by atoms with Crippen molar-refractivity contribution < 1.29 is 14.6 Å². The first kappa shape index (κ1) is 18.4. The predicted octanol–water partition coefficient (Wildman–Crippen LogP) is 1.84. The fraction of sp³-hybridized carbons (Fsp3) is 0.400.